The molecule has 0 saturated carbocycles. The molecule has 0 aromatic heterocycles. The molecule has 2 aromatic rings. The molecule has 172 valence electrons. The molecule has 2 aromatic carbocycles. The van der Waals surface area contributed by atoms with Crippen molar-refractivity contribution in [2.24, 2.45) is 5.92 Å². The Morgan fingerprint density at radius 3 is 2.53 bits per heavy atom. The molecule has 6 nitrogen and oxygen atoms in total. The molecule has 0 aliphatic carbocycles. The quantitative estimate of drug-likeness (QED) is 0.538. The topological polar surface area (TPSA) is 76.1 Å². The first-order valence-electron chi connectivity index (χ1n) is 10.4. The van der Waals surface area contributed by atoms with Crippen LogP contribution < -0.4 is 14.4 Å². The Hall–Kier alpha value is -2.28. The minimum atomic E-state index is -1.99. The van der Waals surface area contributed by atoms with E-state index >= 15 is 0 Å². The Kier molecular flexibility index (Phi) is 7.38. The first-order chi connectivity index (χ1) is 15.1. The number of amides is 1. The summed E-state index contributed by atoms with van der Waals surface area (Å²) in [6, 6.07) is 8.43. The number of Topliss-reactive ketones (excluding diaryl/α,β-unsaturated/α-hetero) is 1. The van der Waals surface area contributed by atoms with Gasteiger partial charge in [-0.25, -0.2) is 0 Å². The van der Waals surface area contributed by atoms with Gasteiger partial charge in [-0.2, -0.15) is 0 Å². The highest BCUT2D eigenvalue weighted by Gasteiger charge is 2.51. The van der Waals surface area contributed by atoms with Crippen LogP contribution in [0.3, 0.4) is 0 Å². The molecule has 1 N–H and O–H groups in total. The summed E-state index contributed by atoms with van der Waals surface area (Å²) in [5, 5.41) is 11.6. The number of ether oxygens (including phenoxy) is 2. The number of carbonyl (C=O) groups excluding carboxylic acids is 2. The van der Waals surface area contributed by atoms with Crippen molar-refractivity contribution in [3.8, 4) is 11.5 Å². The molecule has 0 saturated heterocycles. The van der Waals surface area contributed by atoms with Gasteiger partial charge in [0, 0.05) is 12.0 Å². The number of halogens is 2. The van der Waals surface area contributed by atoms with Crippen molar-refractivity contribution in [2.75, 3.05) is 18.6 Å². The minimum Gasteiger partial charge on any atom is -0.493 e. The van der Waals surface area contributed by atoms with E-state index in [4.69, 9.17) is 32.7 Å². The lowest BCUT2D eigenvalue weighted by Crippen LogP contribution is -2.41. The van der Waals surface area contributed by atoms with Crippen molar-refractivity contribution in [2.45, 2.75) is 45.8 Å². The molecular formula is C24H27Cl2NO5. The van der Waals surface area contributed by atoms with Gasteiger partial charge in [0.15, 0.2) is 17.1 Å². The van der Waals surface area contributed by atoms with Gasteiger partial charge in [-0.05, 0) is 43.0 Å². The average Bonchev–Trinajstić information content (AvgIpc) is 2.92. The zero-order valence-corrected chi connectivity index (χ0v) is 20.1. The molecule has 1 amide bonds. The normalized spacial score (nSPS) is 17.6. The highest BCUT2D eigenvalue weighted by molar-refractivity contribution is 6.44. The number of carbonyl (C=O) groups is 2. The molecule has 1 atom stereocenters. The summed E-state index contributed by atoms with van der Waals surface area (Å²) in [6.45, 7) is 6.25. The van der Waals surface area contributed by atoms with Crippen LogP contribution >= 0.6 is 23.2 Å². The number of hydrogen-bond donors (Lipinski definition) is 1. The van der Waals surface area contributed by atoms with Gasteiger partial charge in [0.25, 0.3) is 5.91 Å². The second-order valence-electron chi connectivity index (χ2n) is 8.40. The molecule has 8 heteroatoms. The van der Waals surface area contributed by atoms with Crippen molar-refractivity contribution >= 4 is 40.6 Å². The van der Waals surface area contributed by atoms with E-state index in [-0.39, 0.29) is 34.4 Å². The zero-order chi connectivity index (χ0) is 23.6. The van der Waals surface area contributed by atoms with Crippen LogP contribution in [0.1, 0.15) is 44.7 Å². The first-order valence-corrected chi connectivity index (χ1v) is 11.2. The Bertz CT molecular complexity index is 1040. The van der Waals surface area contributed by atoms with Crippen molar-refractivity contribution in [1.29, 1.82) is 0 Å². The summed E-state index contributed by atoms with van der Waals surface area (Å²) in [5.41, 5.74) is -0.670. The van der Waals surface area contributed by atoms with Crippen LogP contribution in [-0.2, 0) is 21.7 Å². The maximum atomic E-state index is 13.3. The first kappa shape index (κ1) is 24.4. The molecule has 1 unspecified atom stereocenters. The molecule has 1 heterocycles. The minimum absolute atomic E-state index is 0.106. The molecule has 0 spiro atoms. The third-order valence-corrected chi connectivity index (χ3v) is 6.20. The molecule has 0 fully saturated rings. The molecule has 1 aliphatic rings. The fourth-order valence-electron chi connectivity index (χ4n) is 3.78. The predicted octanol–water partition coefficient (Wildman–Crippen LogP) is 5.14. The SMILES string of the molecule is COc1cc(CN2C(=O)C(O)(CC(C)=O)c3ccc(Cl)c(Cl)c32)ccc1OCCC(C)C. The van der Waals surface area contributed by atoms with Crippen LogP contribution in [-0.4, -0.2) is 30.5 Å². The molecule has 0 radical (unpaired) electrons. The smallest absolute Gasteiger partial charge is 0.264 e. The monoisotopic (exact) mass is 479 g/mol. The van der Waals surface area contributed by atoms with Gasteiger partial charge >= 0.3 is 0 Å². The van der Waals surface area contributed by atoms with Crippen LogP contribution in [0.4, 0.5) is 5.69 Å². The maximum Gasteiger partial charge on any atom is 0.264 e. The van der Waals surface area contributed by atoms with E-state index in [1.165, 1.54) is 24.0 Å². The summed E-state index contributed by atoms with van der Waals surface area (Å²) in [6.07, 6.45) is 0.567. The molecule has 1 aliphatic heterocycles. The summed E-state index contributed by atoms with van der Waals surface area (Å²) >= 11 is 12.6. The molecule has 0 bridgehead atoms. The van der Waals surface area contributed by atoms with Crippen LogP contribution in [0.25, 0.3) is 0 Å². The number of hydrogen-bond acceptors (Lipinski definition) is 5. The number of benzene rings is 2. The van der Waals surface area contributed by atoms with E-state index in [2.05, 4.69) is 13.8 Å². The van der Waals surface area contributed by atoms with Crippen LogP contribution in [0.5, 0.6) is 11.5 Å². The van der Waals surface area contributed by atoms with Crippen LogP contribution in [0.15, 0.2) is 30.3 Å². The van der Waals surface area contributed by atoms with Gasteiger partial charge in [0.2, 0.25) is 0 Å². The van der Waals surface area contributed by atoms with Gasteiger partial charge in [0.05, 0.1) is 36.0 Å². The van der Waals surface area contributed by atoms with E-state index in [0.29, 0.717) is 29.7 Å². The van der Waals surface area contributed by atoms with E-state index in [1.807, 2.05) is 6.07 Å². The number of methoxy groups -OCH3 is 1. The largest absolute Gasteiger partial charge is 0.493 e. The third-order valence-electron chi connectivity index (χ3n) is 5.41. The number of aliphatic hydroxyl groups is 1. The molecule has 32 heavy (non-hydrogen) atoms. The van der Waals surface area contributed by atoms with Gasteiger partial charge in [-0.15, -0.1) is 0 Å². The average molecular weight is 480 g/mol. The zero-order valence-electron chi connectivity index (χ0n) is 18.6. The Labute approximate surface area is 198 Å². The fourth-order valence-corrected chi connectivity index (χ4v) is 4.20. The van der Waals surface area contributed by atoms with E-state index in [1.54, 1.807) is 19.2 Å². The van der Waals surface area contributed by atoms with Crippen molar-refractivity contribution in [1.82, 2.24) is 0 Å². The van der Waals surface area contributed by atoms with Gasteiger partial charge < -0.3 is 19.5 Å². The highest BCUT2D eigenvalue weighted by Crippen LogP contribution is 2.49. The fraction of sp³-hybridized carbons (Fsp3) is 0.417. The molecular weight excluding hydrogens is 453 g/mol. The van der Waals surface area contributed by atoms with Crippen molar-refractivity contribution < 1.29 is 24.2 Å². The third kappa shape index (κ3) is 4.72. The number of fused-ring (bicyclic) bond motifs is 1. The van der Waals surface area contributed by atoms with Gasteiger partial charge in [0.1, 0.15) is 5.78 Å². The number of ketones is 1. The van der Waals surface area contributed by atoms with Gasteiger partial charge in [-0.1, -0.05) is 49.2 Å². The second-order valence-corrected chi connectivity index (χ2v) is 9.19. The lowest BCUT2D eigenvalue weighted by molar-refractivity contribution is -0.141. The second kappa shape index (κ2) is 9.69. The Morgan fingerprint density at radius 2 is 1.91 bits per heavy atom. The van der Waals surface area contributed by atoms with E-state index in [9.17, 15) is 14.7 Å². The maximum absolute atomic E-state index is 13.3. The Balaban J connectivity index is 1.94. The lowest BCUT2D eigenvalue weighted by atomic mass is 9.90. The van der Waals surface area contributed by atoms with Crippen molar-refractivity contribution in [3.63, 3.8) is 0 Å². The van der Waals surface area contributed by atoms with E-state index < -0.39 is 11.5 Å². The van der Waals surface area contributed by atoms with E-state index in [0.717, 1.165) is 12.0 Å². The lowest BCUT2D eigenvalue weighted by Gasteiger charge is -2.23. The standard InChI is InChI=1S/C24H27Cl2NO5/c1-14(2)9-10-32-19-8-5-16(11-20(19)31-4)13-27-22-17(6-7-18(25)21(22)26)24(30,23(27)29)12-15(3)28/h5-8,11,14,30H,9-10,12-13H2,1-4H3. The number of anilines is 1. The van der Waals surface area contributed by atoms with Crippen LogP contribution in [0, 0.1) is 5.92 Å². The van der Waals surface area contributed by atoms with Gasteiger partial charge in [-0.3, -0.25) is 9.59 Å². The number of rotatable bonds is 9. The number of nitrogens with zero attached hydrogens (tertiary/aromatic N) is 1. The highest BCUT2D eigenvalue weighted by atomic mass is 35.5. The Morgan fingerprint density at radius 1 is 1.19 bits per heavy atom. The van der Waals surface area contributed by atoms with Crippen molar-refractivity contribution in [3.05, 3.63) is 51.5 Å². The predicted molar refractivity (Wildman–Crippen MR) is 125 cm³/mol. The van der Waals surface area contributed by atoms with Crippen LogP contribution in [0.2, 0.25) is 10.0 Å². The summed E-state index contributed by atoms with van der Waals surface area (Å²) in [5.74, 6) is 0.729. The summed E-state index contributed by atoms with van der Waals surface area (Å²) in [4.78, 5) is 26.4. The molecule has 3 rings (SSSR count). The summed E-state index contributed by atoms with van der Waals surface area (Å²) in [7, 11) is 1.55. The summed E-state index contributed by atoms with van der Waals surface area (Å²) < 4.78 is 11.3.